The first-order valence-corrected chi connectivity index (χ1v) is 9.11. The summed E-state index contributed by atoms with van der Waals surface area (Å²) in [5, 5.41) is 3.60. The van der Waals surface area contributed by atoms with Gasteiger partial charge in [0.15, 0.2) is 0 Å². The van der Waals surface area contributed by atoms with Crippen molar-refractivity contribution >= 4 is 0 Å². The van der Waals surface area contributed by atoms with Gasteiger partial charge >= 0.3 is 0 Å². The van der Waals surface area contributed by atoms with Crippen molar-refractivity contribution in [2.45, 2.75) is 83.1 Å². The second-order valence-electron chi connectivity index (χ2n) is 7.24. The molecule has 3 heteroatoms. The Balaban J connectivity index is 1.63. The number of nitrogens with one attached hydrogen (secondary N) is 2. The largest absolute Gasteiger partial charge is 0.344 e. The Labute approximate surface area is 129 Å². The fourth-order valence-corrected chi connectivity index (χ4v) is 4.02. The Kier molecular flexibility index (Phi) is 5.34. The fraction of sp³-hybridized carbons (Fsp3) is 0.833. The number of H-pyrrole nitrogens is 1. The number of piperidine rings is 1. The van der Waals surface area contributed by atoms with Gasteiger partial charge in [-0.05, 0) is 38.1 Å². The van der Waals surface area contributed by atoms with Crippen LogP contribution in [-0.4, -0.2) is 16.5 Å². The molecular formula is C18H31N3. The molecule has 0 bridgehead atoms. The van der Waals surface area contributed by atoms with Gasteiger partial charge < -0.3 is 10.3 Å². The Morgan fingerprint density at radius 3 is 2.57 bits per heavy atom. The molecule has 0 aromatic carbocycles. The maximum atomic E-state index is 4.69. The Morgan fingerprint density at radius 2 is 1.71 bits per heavy atom. The molecule has 0 radical (unpaired) electrons. The van der Waals surface area contributed by atoms with Crippen molar-refractivity contribution < 1.29 is 0 Å². The summed E-state index contributed by atoms with van der Waals surface area (Å²) in [7, 11) is 0. The van der Waals surface area contributed by atoms with Crippen LogP contribution < -0.4 is 5.32 Å². The normalized spacial score (nSPS) is 32.1. The van der Waals surface area contributed by atoms with Crippen molar-refractivity contribution in [1.82, 2.24) is 15.3 Å². The van der Waals surface area contributed by atoms with E-state index >= 15 is 0 Å². The summed E-state index contributed by atoms with van der Waals surface area (Å²) in [5.41, 5.74) is 1.40. The van der Waals surface area contributed by atoms with E-state index in [0.29, 0.717) is 12.0 Å². The first-order valence-electron chi connectivity index (χ1n) is 9.11. The van der Waals surface area contributed by atoms with Crippen molar-refractivity contribution in [2.24, 2.45) is 5.92 Å². The van der Waals surface area contributed by atoms with Gasteiger partial charge in [-0.1, -0.05) is 45.4 Å². The molecule has 2 N–H and O–H groups in total. The summed E-state index contributed by atoms with van der Waals surface area (Å²) in [5.74, 6) is 2.81. The highest BCUT2D eigenvalue weighted by Crippen LogP contribution is 2.32. The summed E-state index contributed by atoms with van der Waals surface area (Å²) in [6.07, 6.45) is 15.7. The zero-order valence-corrected chi connectivity index (χ0v) is 13.5. The maximum Gasteiger partial charge on any atom is 0.123 e. The SMILES string of the molecule is CC1CCCCC(c2cnc(C3CCCCN3)[nH]2)CCC1. The van der Waals surface area contributed by atoms with Crippen LogP contribution in [0.25, 0.3) is 0 Å². The van der Waals surface area contributed by atoms with E-state index in [1.165, 1.54) is 75.7 Å². The molecule has 2 fully saturated rings. The number of aromatic amines is 1. The zero-order chi connectivity index (χ0) is 14.5. The number of imidazole rings is 1. The molecule has 1 aliphatic heterocycles. The molecule has 118 valence electrons. The predicted octanol–water partition coefficient (Wildman–Crippen LogP) is 4.69. The number of aromatic nitrogens is 2. The van der Waals surface area contributed by atoms with Crippen LogP contribution in [0.1, 0.15) is 94.6 Å². The molecule has 1 saturated carbocycles. The average molecular weight is 289 g/mol. The monoisotopic (exact) mass is 289 g/mol. The van der Waals surface area contributed by atoms with Gasteiger partial charge in [0.1, 0.15) is 5.82 Å². The summed E-state index contributed by atoms with van der Waals surface area (Å²) in [4.78, 5) is 8.35. The van der Waals surface area contributed by atoms with Gasteiger partial charge in [0.2, 0.25) is 0 Å². The lowest BCUT2D eigenvalue weighted by molar-refractivity contribution is 0.398. The molecule has 3 atom stereocenters. The third-order valence-corrected chi connectivity index (χ3v) is 5.44. The predicted molar refractivity (Wildman–Crippen MR) is 87.4 cm³/mol. The molecule has 2 heterocycles. The highest BCUT2D eigenvalue weighted by atomic mass is 15.0. The van der Waals surface area contributed by atoms with Gasteiger partial charge in [-0.15, -0.1) is 0 Å². The van der Waals surface area contributed by atoms with Crippen LogP contribution in [0.2, 0.25) is 0 Å². The van der Waals surface area contributed by atoms with Crippen LogP contribution in [0.3, 0.4) is 0 Å². The molecule has 3 nitrogen and oxygen atoms in total. The summed E-state index contributed by atoms with van der Waals surface area (Å²) >= 11 is 0. The molecule has 3 unspecified atom stereocenters. The zero-order valence-electron chi connectivity index (χ0n) is 13.5. The van der Waals surface area contributed by atoms with Crippen LogP contribution in [0, 0.1) is 5.92 Å². The van der Waals surface area contributed by atoms with Gasteiger partial charge in [-0.25, -0.2) is 4.98 Å². The lowest BCUT2D eigenvalue weighted by Gasteiger charge is -2.21. The summed E-state index contributed by atoms with van der Waals surface area (Å²) in [6, 6.07) is 0.462. The quantitative estimate of drug-likeness (QED) is 0.829. The molecule has 1 saturated heterocycles. The molecular weight excluding hydrogens is 258 g/mol. The van der Waals surface area contributed by atoms with E-state index in [1.54, 1.807) is 0 Å². The van der Waals surface area contributed by atoms with Crippen molar-refractivity contribution in [2.75, 3.05) is 6.54 Å². The molecule has 1 aliphatic carbocycles. The first kappa shape index (κ1) is 15.1. The van der Waals surface area contributed by atoms with Gasteiger partial charge in [-0.2, -0.15) is 0 Å². The van der Waals surface area contributed by atoms with Crippen molar-refractivity contribution in [1.29, 1.82) is 0 Å². The lowest BCUT2D eigenvalue weighted by atomic mass is 9.94. The number of rotatable bonds is 2. The molecule has 2 aliphatic rings. The Hall–Kier alpha value is -0.830. The Bertz CT molecular complexity index is 420. The van der Waals surface area contributed by atoms with E-state index in [1.807, 2.05) is 0 Å². The van der Waals surface area contributed by atoms with E-state index < -0.39 is 0 Å². The molecule has 3 rings (SSSR count). The lowest BCUT2D eigenvalue weighted by Crippen LogP contribution is -2.27. The van der Waals surface area contributed by atoms with Crippen molar-refractivity contribution in [3.63, 3.8) is 0 Å². The van der Waals surface area contributed by atoms with Gasteiger partial charge in [0.25, 0.3) is 0 Å². The van der Waals surface area contributed by atoms with E-state index in [9.17, 15) is 0 Å². The molecule has 21 heavy (non-hydrogen) atoms. The molecule has 0 spiro atoms. The van der Waals surface area contributed by atoms with Crippen molar-refractivity contribution in [3.05, 3.63) is 17.7 Å². The third kappa shape index (κ3) is 4.09. The highest BCUT2D eigenvalue weighted by Gasteiger charge is 2.21. The van der Waals surface area contributed by atoms with Crippen LogP contribution in [0.5, 0.6) is 0 Å². The van der Waals surface area contributed by atoms with Crippen LogP contribution in [-0.2, 0) is 0 Å². The minimum absolute atomic E-state index is 0.462. The van der Waals surface area contributed by atoms with E-state index in [2.05, 4.69) is 28.4 Å². The number of hydrogen-bond donors (Lipinski definition) is 2. The maximum absolute atomic E-state index is 4.69. The van der Waals surface area contributed by atoms with E-state index in [4.69, 9.17) is 0 Å². The van der Waals surface area contributed by atoms with Gasteiger partial charge in [-0.3, -0.25) is 0 Å². The Morgan fingerprint density at radius 1 is 0.952 bits per heavy atom. The van der Waals surface area contributed by atoms with Gasteiger partial charge in [0.05, 0.1) is 6.04 Å². The topological polar surface area (TPSA) is 40.7 Å². The second kappa shape index (κ2) is 7.44. The smallest absolute Gasteiger partial charge is 0.123 e. The summed E-state index contributed by atoms with van der Waals surface area (Å²) in [6.45, 7) is 3.56. The first-order chi connectivity index (χ1) is 10.3. The van der Waals surface area contributed by atoms with Crippen LogP contribution in [0.4, 0.5) is 0 Å². The molecule has 1 aromatic rings. The number of hydrogen-bond acceptors (Lipinski definition) is 2. The molecule has 0 amide bonds. The minimum atomic E-state index is 0.462. The van der Waals surface area contributed by atoms with Crippen LogP contribution in [0.15, 0.2) is 6.20 Å². The van der Waals surface area contributed by atoms with E-state index in [0.717, 1.165) is 12.5 Å². The van der Waals surface area contributed by atoms with Crippen LogP contribution >= 0.6 is 0 Å². The average Bonchev–Trinajstić information content (AvgIpc) is 3.02. The second-order valence-corrected chi connectivity index (χ2v) is 7.24. The highest BCUT2D eigenvalue weighted by molar-refractivity contribution is 5.10. The van der Waals surface area contributed by atoms with E-state index in [-0.39, 0.29) is 0 Å². The number of nitrogens with zero attached hydrogens (tertiary/aromatic N) is 1. The standard InChI is InChI=1S/C18H31N3/c1-14-7-2-3-9-15(10-6-8-14)17-13-20-18(21-17)16-11-4-5-12-19-16/h13-16,19H,2-12H2,1H3,(H,20,21). The van der Waals surface area contributed by atoms with Crippen molar-refractivity contribution in [3.8, 4) is 0 Å². The van der Waals surface area contributed by atoms with Gasteiger partial charge in [0, 0.05) is 17.8 Å². The molecule has 1 aromatic heterocycles. The minimum Gasteiger partial charge on any atom is -0.344 e. The fourth-order valence-electron chi connectivity index (χ4n) is 4.02. The summed E-state index contributed by atoms with van der Waals surface area (Å²) < 4.78 is 0. The third-order valence-electron chi connectivity index (χ3n) is 5.44.